The van der Waals surface area contributed by atoms with Crippen LogP contribution in [0.5, 0.6) is 5.75 Å². The Kier molecular flexibility index (Phi) is 12.1. The molecule has 3 aromatic rings. The van der Waals surface area contributed by atoms with Gasteiger partial charge in [-0.1, -0.05) is 101 Å². The van der Waals surface area contributed by atoms with Crippen molar-refractivity contribution in [2.45, 2.75) is 83.9 Å². The number of nitrogens with zero attached hydrogens (tertiary/aromatic N) is 2. The van der Waals surface area contributed by atoms with Crippen LogP contribution < -0.4 is 4.74 Å². The maximum atomic E-state index is 13.2. The van der Waals surface area contributed by atoms with Gasteiger partial charge in [-0.3, -0.25) is 0 Å². The molecule has 7 heteroatoms. The molecule has 0 aliphatic carbocycles. The van der Waals surface area contributed by atoms with Gasteiger partial charge in [0, 0.05) is 12.2 Å². The van der Waals surface area contributed by atoms with Gasteiger partial charge in [-0.15, -0.1) is 0 Å². The average Bonchev–Trinajstić information content (AvgIpc) is 2.92. The SMILES string of the molecule is CCCCCCCc1ccc(-c2ccc(-c3ncc(OCC(OCCCCC)C(F)(F)F)cn3)cc2)cc1. The van der Waals surface area contributed by atoms with Gasteiger partial charge in [-0.25, -0.2) is 9.97 Å². The number of alkyl halides is 3. The Balaban J connectivity index is 1.53. The second-order valence-corrected chi connectivity index (χ2v) is 9.60. The van der Waals surface area contributed by atoms with Gasteiger partial charge in [0.2, 0.25) is 0 Å². The molecule has 1 aromatic heterocycles. The highest BCUT2D eigenvalue weighted by Gasteiger charge is 2.41. The molecule has 0 bridgehead atoms. The highest BCUT2D eigenvalue weighted by molar-refractivity contribution is 5.67. The van der Waals surface area contributed by atoms with E-state index in [0.717, 1.165) is 36.0 Å². The summed E-state index contributed by atoms with van der Waals surface area (Å²) in [7, 11) is 0. The lowest BCUT2D eigenvalue weighted by Crippen LogP contribution is -2.37. The van der Waals surface area contributed by atoms with Gasteiger partial charge in [-0.05, 0) is 36.0 Å². The van der Waals surface area contributed by atoms with Crippen molar-refractivity contribution in [1.82, 2.24) is 9.97 Å². The molecule has 38 heavy (non-hydrogen) atoms. The van der Waals surface area contributed by atoms with E-state index in [-0.39, 0.29) is 12.4 Å². The summed E-state index contributed by atoms with van der Waals surface area (Å²) >= 11 is 0. The van der Waals surface area contributed by atoms with Gasteiger partial charge in [0.1, 0.15) is 6.61 Å². The van der Waals surface area contributed by atoms with Crippen molar-refractivity contribution in [2.75, 3.05) is 13.2 Å². The zero-order chi connectivity index (χ0) is 27.2. The Bertz CT molecular complexity index is 1050. The highest BCUT2D eigenvalue weighted by Crippen LogP contribution is 2.26. The number of aryl methyl sites for hydroxylation is 1. The Morgan fingerprint density at radius 3 is 1.87 bits per heavy atom. The Morgan fingerprint density at radius 2 is 1.26 bits per heavy atom. The van der Waals surface area contributed by atoms with Gasteiger partial charge >= 0.3 is 6.18 Å². The summed E-state index contributed by atoms with van der Waals surface area (Å²) in [5, 5.41) is 0. The molecule has 0 aliphatic rings. The van der Waals surface area contributed by atoms with Crippen molar-refractivity contribution in [1.29, 1.82) is 0 Å². The molecule has 3 rings (SSSR count). The van der Waals surface area contributed by atoms with Gasteiger partial charge in [0.05, 0.1) is 12.4 Å². The molecule has 0 amide bonds. The minimum atomic E-state index is -4.50. The van der Waals surface area contributed by atoms with Crippen LogP contribution >= 0.6 is 0 Å². The van der Waals surface area contributed by atoms with Crippen LogP contribution in [0, 0.1) is 0 Å². The minimum absolute atomic E-state index is 0.0517. The summed E-state index contributed by atoms with van der Waals surface area (Å²) in [5.41, 5.74) is 4.42. The van der Waals surface area contributed by atoms with Crippen molar-refractivity contribution < 1.29 is 22.6 Å². The molecular formula is C31H39F3N2O2. The van der Waals surface area contributed by atoms with Crippen molar-refractivity contribution in [3.05, 3.63) is 66.5 Å². The first-order chi connectivity index (χ1) is 18.4. The van der Waals surface area contributed by atoms with E-state index >= 15 is 0 Å². The fourth-order valence-electron chi connectivity index (χ4n) is 4.13. The molecule has 0 radical (unpaired) electrons. The van der Waals surface area contributed by atoms with E-state index in [4.69, 9.17) is 9.47 Å². The van der Waals surface area contributed by atoms with Crippen LogP contribution in [0.2, 0.25) is 0 Å². The third-order valence-electron chi connectivity index (χ3n) is 6.46. The van der Waals surface area contributed by atoms with Crippen LogP contribution in [-0.4, -0.2) is 35.5 Å². The van der Waals surface area contributed by atoms with Gasteiger partial charge in [-0.2, -0.15) is 13.2 Å². The number of unbranched alkanes of at least 4 members (excludes halogenated alkanes) is 6. The van der Waals surface area contributed by atoms with Crippen molar-refractivity contribution in [2.24, 2.45) is 0 Å². The molecule has 0 fully saturated rings. The molecule has 0 saturated heterocycles. The van der Waals surface area contributed by atoms with E-state index < -0.39 is 18.9 Å². The predicted molar refractivity (Wildman–Crippen MR) is 146 cm³/mol. The number of rotatable bonds is 16. The highest BCUT2D eigenvalue weighted by atomic mass is 19.4. The molecule has 1 unspecified atom stereocenters. The van der Waals surface area contributed by atoms with E-state index in [2.05, 4.69) is 41.2 Å². The lowest BCUT2D eigenvalue weighted by Gasteiger charge is -2.21. The number of benzene rings is 2. The zero-order valence-electron chi connectivity index (χ0n) is 22.5. The third-order valence-corrected chi connectivity index (χ3v) is 6.46. The number of hydrogen-bond acceptors (Lipinski definition) is 4. The summed E-state index contributed by atoms with van der Waals surface area (Å²) in [5.74, 6) is 0.646. The summed E-state index contributed by atoms with van der Waals surface area (Å²) in [6.07, 6.45) is 6.15. The van der Waals surface area contributed by atoms with Crippen molar-refractivity contribution >= 4 is 0 Å². The number of aromatic nitrogens is 2. The maximum absolute atomic E-state index is 13.2. The first-order valence-corrected chi connectivity index (χ1v) is 13.7. The van der Waals surface area contributed by atoms with E-state index in [0.29, 0.717) is 12.2 Å². The molecule has 206 valence electrons. The lowest BCUT2D eigenvalue weighted by molar-refractivity contribution is -0.227. The van der Waals surface area contributed by atoms with Crippen LogP contribution in [-0.2, 0) is 11.2 Å². The quantitative estimate of drug-likeness (QED) is 0.174. The summed E-state index contributed by atoms with van der Waals surface area (Å²) in [6, 6.07) is 16.6. The third kappa shape index (κ3) is 9.75. The number of ether oxygens (including phenoxy) is 2. The largest absolute Gasteiger partial charge is 0.487 e. The fraction of sp³-hybridized carbons (Fsp3) is 0.484. The first-order valence-electron chi connectivity index (χ1n) is 13.7. The molecule has 1 heterocycles. The Labute approximate surface area is 224 Å². The molecular weight excluding hydrogens is 489 g/mol. The summed E-state index contributed by atoms with van der Waals surface area (Å²) in [4.78, 5) is 8.56. The molecule has 0 aliphatic heterocycles. The molecule has 2 aromatic carbocycles. The average molecular weight is 529 g/mol. The Hall–Kier alpha value is -2.93. The molecule has 0 spiro atoms. The molecule has 0 saturated carbocycles. The van der Waals surface area contributed by atoms with E-state index in [1.807, 2.05) is 31.2 Å². The lowest BCUT2D eigenvalue weighted by atomic mass is 10.00. The fourth-order valence-corrected chi connectivity index (χ4v) is 4.13. The van der Waals surface area contributed by atoms with Gasteiger partial charge < -0.3 is 9.47 Å². The van der Waals surface area contributed by atoms with Crippen LogP contribution in [0.4, 0.5) is 13.2 Å². The van der Waals surface area contributed by atoms with Crippen LogP contribution in [0.1, 0.15) is 70.8 Å². The Morgan fingerprint density at radius 1 is 0.711 bits per heavy atom. The second-order valence-electron chi connectivity index (χ2n) is 9.60. The number of hydrogen-bond donors (Lipinski definition) is 0. The smallest absolute Gasteiger partial charge is 0.417 e. The predicted octanol–water partition coefficient (Wildman–Crippen LogP) is 8.84. The van der Waals surface area contributed by atoms with Crippen LogP contribution in [0.3, 0.4) is 0 Å². The van der Waals surface area contributed by atoms with E-state index in [1.165, 1.54) is 50.1 Å². The van der Waals surface area contributed by atoms with Crippen LogP contribution in [0.25, 0.3) is 22.5 Å². The summed E-state index contributed by atoms with van der Waals surface area (Å²) < 4.78 is 50.0. The molecule has 0 N–H and O–H groups in total. The molecule has 4 nitrogen and oxygen atoms in total. The zero-order valence-corrected chi connectivity index (χ0v) is 22.5. The monoisotopic (exact) mass is 528 g/mol. The van der Waals surface area contributed by atoms with Gasteiger partial charge in [0.15, 0.2) is 17.7 Å². The van der Waals surface area contributed by atoms with E-state index in [9.17, 15) is 13.2 Å². The van der Waals surface area contributed by atoms with Crippen molar-refractivity contribution in [3.63, 3.8) is 0 Å². The first kappa shape index (κ1) is 29.6. The normalized spacial score (nSPS) is 12.4. The standard InChI is InChI=1S/C31H39F3N2O2/c1-3-5-7-8-9-11-24-12-14-25(15-13-24)26-16-18-27(19-17-26)30-35-21-28(22-36-30)38-23-29(31(32,33)34)37-20-10-6-4-2/h12-19,21-22,29H,3-11,20,23H2,1-2H3. The maximum Gasteiger partial charge on any atom is 0.417 e. The van der Waals surface area contributed by atoms with E-state index in [1.54, 1.807) is 0 Å². The summed E-state index contributed by atoms with van der Waals surface area (Å²) in [6.45, 7) is 3.63. The molecule has 1 atom stereocenters. The van der Waals surface area contributed by atoms with Crippen LogP contribution in [0.15, 0.2) is 60.9 Å². The minimum Gasteiger partial charge on any atom is -0.487 e. The second kappa shape index (κ2) is 15.5. The van der Waals surface area contributed by atoms with Gasteiger partial charge in [0.25, 0.3) is 0 Å². The van der Waals surface area contributed by atoms with Crippen molar-refractivity contribution in [3.8, 4) is 28.3 Å². The number of halogens is 3. The topological polar surface area (TPSA) is 44.2 Å².